The van der Waals surface area contributed by atoms with Crippen molar-refractivity contribution in [1.82, 2.24) is 5.32 Å². The molecule has 5 nitrogen and oxygen atoms in total. The summed E-state index contributed by atoms with van der Waals surface area (Å²) in [6.45, 7) is 4.56. The van der Waals surface area contributed by atoms with Crippen LogP contribution in [0.1, 0.15) is 45.1 Å². The number of hydrogen-bond donors (Lipinski definition) is 2. The Balaban J connectivity index is 2.36. The number of carbonyl (C=O) groups is 2. The van der Waals surface area contributed by atoms with Crippen molar-refractivity contribution in [2.24, 2.45) is 0 Å². The maximum atomic E-state index is 12.0. The highest BCUT2D eigenvalue weighted by atomic mass is 16.5. The van der Waals surface area contributed by atoms with Gasteiger partial charge in [0.1, 0.15) is 0 Å². The summed E-state index contributed by atoms with van der Waals surface area (Å²) in [5, 5.41) is 11.8. The lowest BCUT2D eigenvalue weighted by molar-refractivity contribution is -0.139. The standard InChI is InChI=1S/C17H25NO4/c1-3-17(4-2,12-16(20)21)18-15(19)10-11-22-13-14-8-6-5-7-9-14/h5-9H,3-4,10-13H2,1-2H3,(H,18,19)(H,20,21). The number of amides is 1. The minimum Gasteiger partial charge on any atom is -0.481 e. The van der Waals surface area contributed by atoms with E-state index in [-0.39, 0.29) is 18.7 Å². The highest BCUT2D eigenvalue weighted by molar-refractivity contribution is 5.78. The van der Waals surface area contributed by atoms with Crippen LogP contribution in [-0.4, -0.2) is 29.1 Å². The molecule has 2 N–H and O–H groups in total. The van der Waals surface area contributed by atoms with Gasteiger partial charge in [0.25, 0.3) is 0 Å². The molecule has 0 bridgehead atoms. The maximum absolute atomic E-state index is 12.0. The van der Waals surface area contributed by atoms with Crippen molar-refractivity contribution >= 4 is 11.9 Å². The lowest BCUT2D eigenvalue weighted by atomic mass is 9.89. The van der Waals surface area contributed by atoms with Crippen LogP contribution in [0.2, 0.25) is 0 Å². The molecule has 0 saturated heterocycles. The van der Waals surface area contributed by atoms with Crippen LogP contribution < -0.4 is 5.32 Å². The second kappa shape index (κ2) is 9.20. The number of rotatable bonds is 10. The first-order valence-corrected chi connectivity index (χ1v) is 7.66. The summed E-state index contributed by atoms with van der Waals surface area (Å²) < 4.78 is 5.48. The molecule has 0 radical (unpaired) electrons. The largest absolute Gasteiger partial charge is 0.481 e. The predicted octanol–water partition coefficient (Wildman–Crippen LogP) is 2.74. The van der Waals surface area contributed by atoms with Gasteiger partial charge in [0, 0.05) is 12.0 Å². The molecule has 0 aliphatic heterocycles. The Bertz CT molecular complexity index is 469. The number of hydrogen-bond acceptors (Lipinski definition) is 3. The number of carbonyl (C=O) groups excluding carboxylic acids is 1. The molecule has 0 aliphatic carbocycles. The van der Waals surface area contributed by atoms with Crippen molar-refractivity contribution in [1.29, 1.82) is 0 Å². The lowest BCUT2D eigenvalue weighted by Crippen LogP contribution is -2.49. The summed E-state index contributed by atoms with van der Waals surface area (Å²) >= 11 is 0. The average molecular weight is 307 g/mol. The monoisotopic (exact) mass is 307 g/mol. The van der Waals surface area contributed by atoms with Crippen molar-refractivity contribution in [2.45, 2.75) is 51.7 Å². The molecule has 122 valence electrons. The minimum absolute atomic E-state index is 0.0589. The second-order valence-electron chi connectivity index (χ2n) is 5.39. The quantitative estimate of drug-likeness (QED) is 0.652. The summed E-state index contributed by atoms with van der Waals surface area (Å²) in [6.07, 6.45) is 1.35. The van der Waals surface area contributed by atoms with Crippen molar-refractivity contribution in [3.05, 3.63) is 35.9 Å². The average Bonchev–Trinajstić information content (AvgIpc) is 2.51. The van der Waals surface area contributed by atoms with E-state index in [1.165, 1.54) is 0 Å². The van der Waals surface area contributed by atoms with Gasteiger partial charge in [-0.1, -0.05) is 44.2 Å². The van der Waals surface area contributed by atoms with E-state index in [9.17, 15) is 9.59 Å². The van der Waals surface area contributed by atoms with Gasteiger partial charge in [0.2, 0.25) is 5.91 Å². The van der Waals surface area contributed by atoms with E-state index in [4.69, 9.17) is 9.84 Å². The summed E-state index contributed by atoms with van der Waals surface area (Å²) in [7, 11) is 0. The van der Waals surface area contributed by atoms with Crippen LogP contribution in [0.5, 0.6) is 0 Å². The molecule has 1 aromatic carbocycles. The summed E-state index contributed by atoms with van der Waals surface area (Å²) in [5.41, 5.74) is 0.396. The van der Waals surface area contributed by atoms with Gasteiger partial charge >= 0.3 is 5.97 Å². The predicted molar refractivity (Wildman–Crippen MR) is 84.4 cm³/mol. The van der Waals surface area contributed by atoms with E-state index < -0.39 is 11.5 Å². The van der Waals surface area contributed by atoms with Crippen LogP contribution in [0.3, 0.4) is 0 Å². The van der Waals surface area contributed by atoms with Crippen molar-refractivity contribution in [3.8, 4) is 0 Å². The first-order valence-electron chi connectivity index (χ1n) is 7.66. The molecule has 0 heterocycles. The molecule has 5 heteroatoms. The number of aliphatic carboxylic acids is 1. The van der Waals surface area contributed by atoms with Gasteiger partial charge in [-0.2, -0.15) is 0 Å². The summed E-state index contributed by atoms with van der Waals surface area (Å²) in [4.78, 5) is 22.9. The third kappa shape index (κ3) is 6.26. The Morgan fingerprint density at radius 1 is 1.18 bits per heavy atom. The molecule has 0 atom stereocenters. The topological polar surface area (TPSA) is 75.6 Å². The van der Waals surface area contributed by atoms with Crippen molar-refractivity contribution < 1.29 is 19.4 Å². The van der Waals surface area contributed by atoms with Gasteiger partial charge in [0.15, 0.2) is 0 Å². The molecule has 1 rings (SSSR count). The van der Waals surface area contributed by atoms with Crippen molar-refractivity contribution in [2.75, 3.05) is 6.61 Å². The van der Waals surface area contributed by atoms with Gasteiger partial charge in [-0.05, 0) is 18.4 Å². The Kier molecular flexibility index (Phi) is 7.60. The van der Waals surface area contributed by atoms with Crippen LogP contribution in [0.4, 0.5) is 0 Å². The highest BCUT2D eigenvalue weighted by Gasteiger charge is 2.30. The number of ether oxygens (including phenoxy) is 1. The third-order valence-electron chi connectivity index (χ3n) is 3.83. The van der Waals surface area contributed by atoms with Crippen LogP contribution in [0, 0.1) is 0 Å². The number of carboxylic acid groups (broad SMARTS) is 1. The smallest absolute Gasteiger partial charge is 0.305 e. The first-order chi connectivity index (χ1) is 10.5. The minimum atomic E-state index is -0.899. The number of nitrogens with one attached hydrogen (secondary N) is 1. The molecule has 0 spiro atoms. The van der Waals surface area contributed by atoms with Crippen LogP contribution in [-0.2, 0) is 20.9 Å². The SMILES string of the molecule is CCC(CC)(CC(=O)O)NC(=O)CCOCc1ccccc1. The fourth-order valence-electron chi connectivity index (χ4n) is 2.30. The van der Waals surface area contributed by atoms with Gasteiger partial charge in [0.05, 0.1) is 19.6 Å². The lowest BCUT2D eigenvalue weighted by Gasteiger charge is -2.31. The zero-order valence-corrected chi connectivity index (χ0v) is 13.3. The summed E-state index contributed by atoms with van der Waals surface area (Å²) in [5.74, 6) is -1.07. The Hall–Kier alpha value is -1.88. The number of benzene rings is 1. The van der Waals surface area contributed by atoms with E-state index >= 15 is 0 Å². The normalized spacial score (nSPS) is 11.2. The van der Waals surface area contributed by atoms with Crippen LogP contribution in [0.25, 0.3) is 0 Å². The fourth-order valence-corrected chi connectivity index (χ4v) is 2.30. The van der Waals surface area contributed by atoms with Gasteiger partial charge in [-0.15, -0.1) is 0 Å². The van der Waals surface area contributed by atoms with E-state index in [1.54, 1.807) is 0 Å². The molecule has 1 amide bonds. The molecule has 0 fully saturated rings. The third-order valence-corrected chi connectivity index (χ3v) is 3.83. The molecule has 1 aromatic rings. The maximum Gasteiger partial charge on any atom is 0.305 e. The molecule has 0 aliphatic rings. The zero-order valence-electron chi connectivity index (χ0n) is 13.3. The van der Waals surface area contributed by atoms with E-state index in [1.807, 2.05) is 44.2 Å². The summed E-state index contributed by atoms with van der Waals surface area (Å²) in [6, 6.07) is 9.75. The van der Waals surface area contributed by atoms with E-state index in [0.29, 0.717) is 26.1 Å². The van der Waals surface area contributed by atoms with Gasteiger partial charge < -0.3 is 15.2 Å². The van der Waals surface area contributed by atoms with E-state index in [2.05, 4.69) is 5.32 Å². The Labute approximate surface area is 131 Å². The molecule has 0 aromatic heterocycles. The molecule has 0 unspecified atom stereocenters. The van der Waals surface area contributed by atoms with E-state index in [0.717, 1.165) is 5.56 Å². The van der Waals surface area contributed by atoms with Gasteiger partial charge in [-0.3, -0.25) is 9.59 Å². The van der Waals surface area contributed by atoms with Crippen LogP contribution >= 0.6 is 0 Å². The first kappa shape index (κ1) is 18.2. The molecule has 0 saturated carbocycles. The fraction of sp³-hybridized carbons (Fsp3) is 0.529. The zero-order chi connectivity index (χ0) is 16.4. The van der Waals surface area contributed by atoms with Gasteiger partial charge in [-0.25, -0.2) is 0 Å². The highest BCUT2D eigenvalue weighted by Crippen LogP contribution is 2.20. The second-order valence-corrected chi connectivity index (χ2v) is 5.39. The molecule has 22 heavy (non-hydrogen) atoms. The molecular formula is C17H25NO4. The Morgan fingerprint density at radius 3 is 2.36 bits per heavy atom. The van der Waals surface area contributed by atoms with Crippen molar-refractivity contribution in [3.63, 3.8) is 0 Å². The Morgan fingerprint density at radius 2 is 1.82 bits per heavy atom. The molecular weight excluding hydrogens is 282 g/mol. The number of carboxylic acids is 1. The van der Waals surface area contributed by atoms with Crippen LogP contribution in [0.15, 0.2) is 30.3 Å².